The van der Waals surface area contributed by atoms with Crippen molar-refractivity contribution < 1.29 is 22.8 Å². The Labute approximate surface area is 190 Å². The van der Waals surface area contributed by atoms with E-state index < -0.39 is 35.0 Å². The van der Waals surface area contributed by atoms with E-state index in [0.29, 0.717) is 24.2 Å². The van der Waals surface area contributed by atoms with Gasteiger partial charge in [-0.05, 0) is 49.6 Å². The third kappa shape index (κ3) is 3.37. The van der Waals surface area contributed by atoms with Crippen LogP contribution in [0, 0.1) is 11.3 Å². The predicted octanol–water partition coefficient (Wildman–Crippen LogP) is 3.03. The zero-order valence-electron chi connectivity index (χ0n) is 17.6. The Hall–Kier alpha value is -4.27. The zero-order valence-corrected chi connectivity index (χ0v) is 17.6. The SMILES string of the molecule is C[C@H](NC(=O)c1cc(C(F)(F)F)cc2c1NC(=O)C21CC1)c1ncnn1-c1ccc(C#N)cn1. The highest BCUT2D eigenvalue weighted by molar-refractivity contribution is 6.14. The lowest BCUT2D eigenvalue weighted by atomic mass is 9.93. The molecule has 0 unspecified atom stereocenters. The summed E-state index contributed by atoms with van der Waals surface area (Å²) in [4.78, 5) is 33.8. The minimum atomic E-state index is -4.68. The summed E-state index contributed by atoms with van der Waals surface area (Å²) in [6.07, 6.45) is -1.21. The number of nitrogens with one attached hydrogen (secondary N) is 2. The molecule has 3 aromatic rings. The standard InChI is InChI=1S/C22H16F3N7O2/c1-11(18-28-10-29-32(18)16-3-2-12(8-26)9-27-16)30-19(33)14-6-13(22(23,24)25)7-15-17(14)31-20(34)21(15)4-5-21/h2-3,6-7,9-11H,4-5H2,1H3,(H,30,33)(H,31,34)/t11-/m0/s1. The number of aromatic nitrogens is 4. The summed E-state index contributed by atoms with van der Waals surface area (Å²) in [5.74, 6) is -0.571. The minimum Gasteiger partial charge on any atom is -0.342 e. The normalized spacial score (nSPS) is 16.5. The molecule has 1 saturated carbocycles. The number of hydrogen-bond acceptors (Lipinski definition) is 6. The maximum Gasteiger partial charge on any atom is 0.416 e. The first kappa shape index (κ1) is 21.6. The number of benzene rings is 1. The smallest absolute Gasteiger partial charge is 0.342 e. The van der Waals surface area contributed by atoms with Crippen molar-refractivity contribution in [1.82, 2.24) is 25.1 Å². The van der Waals surface area contributed by atoms with E-state index in [1.165, 1.54) is 17.2 Å². The summed E-state index contributed by atoms with van der Waals surface area (Å²) in [5, 5.41) is 18.3. The molecule has 0 radical (unpaired) electrons. The Morgan fingerprint density at radius 3 is 2.68 bits per heavy atom. The van der Waals surface area contributed by atoms with Crippen LogP contribution < -0.4 is 10.6 Å². The third-order valence-corrected chi connectivity index (χ3v) is 6.05. The van der Waals surface area contributed by atoms with E-state index in [0.717, 1.165) is 12.1 Å². The molecular weight excluding hydrogens is 451 g/mol. The van der Waals surface area contributed by atoms with Gasteiger partial charge in [-0.3, -0.25) is 9.59 Å². The fourth-order valence-corrected chi connectivity index (χ4v) is 4.11. The highest BCUT2D eigenvalue weighted by atomic mass is 19.4. The second kappa shape index (κ2) is 7.38. The molecule has 1 aliphatic carbocycles. The molecule has 34 heavy (non-hydrogen) atoms. The molecule has 1 spiro atoms. The fraction of sp³-hybridized carbons (Fsp3) is 0.273. The second-order valence-electron chi connectivity index (χ2n) is 8.22. The highest BCUT2D eigenvalue weighted by Gasteiger charge is 2.57. The van der Waals surface area contributed by atoms with Crippen LogP contribution in [0.1, 0.15) is 58.7 Å². The summed E-state index contributed by atoms with van der Waals surface area (Å²) in [5.41, 5.74) is -1.59. The summed E-state index contributed by atoms with van der Waals surface area (Å²) in [6, 6.07) is 5.97. The van der Waals surface area contributed by atoms with E-state index in [1.54, 1.807) is 19.1 Å². The number of halogens is 3. The molecule has 172 valence electrons. The first-order valence-corrected chi connectivity index (χ1v) is 10.3. The molecular formula is C22H16F3N7O2. The number of alkyl halides is 3. The van der Waals surface area contributed by atoms with E-state index in [4.69, 9.17) is 5.26 Å². The van der Waals surface area contributed by atoms with Gasteiger partial charge < -0.3 is 10.6 Å². The molecule has 12 heteroatoms. The molecule has 2 N–H and O–H groups in total. The van der Waals surface area contributed by atoms with Crippen molar-refractivity contribution in [3.63, 3.8) is 0 Å². The van der Waals surface area contributed by atoms with E-state index in [2.05, 4.69) is 25.7 Å². The minimum absolute atomic E-state index is 0.107. The van der Waals surface area contributed by atoms with Gasteiger partial charge in [-0.25, -0.2) is 9.97 Å². The Morgan fingerprint density at radius 2 is 2.06 bits per heavy atom. The van der Waals surface area contributed by atoms with Gasteiger partial charge >= 0.3 is 6.18 Å². The molecule has 5 rings (SSSR count). The van der Waals surface area contributed by atoms with Gasteiger partial charge in [-0.2, -0.15) is 28.2 Å². The summed E-state index contributed by atoms with van der Waals surface area (Å²) < 4.78 is 42.0. The molecule has 1 atom stereocenters. The van der Waals surface area contributed by atoms with Crippen LogP contribution in [0.4, 0.5) is 18.9 Å². The van der Waals surface area contributed by atoms with E-state index >= 15 is 0 Å². The molecule has 0 bridgehead atoms. The van der Waals surface area contributed by atoms with Crippen LogP contribution in [0.15, 0.2) is 36.8 Å². The lowest BCUT2D eigenvalue weighted by molar-refractivity contribution is -0.137. The molecule has 1 fully saturated rings. The van der Waals surface area contributed by atoms with E-state index in [-0.39, 0.29) is 22.6 Å². The van der Waals surface area contributed by atoms with Crippen molar-refractivity contribution in [1.29, 1.82) is 5.26 Å². The van der Waals surface area contributed by atoms with Crippen LogP contribution >= 0.6 is 0 Å². The summed E-state index contributed by atoms with van der Waals surface area (Å²) >= 11 is 0. The van der Waals surface area contributed by atoms with Crippen molar-refractivity contribution in [3.05, 3.63) is 64.9 Å². The van der Waals surface area contributed by atoms with Gasteiger partial charge in [0.05, 0.1) is 33.8 Å². The monoisotopic (exact) mass is 467 g/mol. The Balaban J connectivity index is 1.47. The number of pyridine rings is 1. The third-order valence-electron chi connectivity index (χ3n) is 6.05. The van der Waals surface area contributed by atoms with E-state index in [1.807, 2.05) is 6.07 Å². The number of carbonyl (C=O) groups is 2. The first-order chi connectivity index (χ1) is 16.1. The van der Waals surface area contributed by atoms with Gasteiger partial charge in [-0.15, -0.1) is 0 Å². The molecule has 9 nitrogen and oxygen atoms in total. The number of fused-ring (bicyclic) bond motifs is 2. The number of nitrogens with zero attached hydrogens (tertiary/aromatic N) is 5. The van der Waals surface area contributed by atoms with Gasteiger partial charge in [0.25, 0.3) is 5.91 Å². The highest BCUT2D eigenvalue weighted by Crippen LogP contribution is 2.56. The zero-order chi connectivity index (χ0) is 24.3. The van der Waals surface area contributed by atoms with Crippen molar-refractivity contribution in [3.8, 4) is 11.9 Å². The van der Waals surface area contributed by atoms with Gasteiger partial charge in [0.1, 0.15) is 12.4 Å². The second-order valence-corrected chi connectivity index (χ2v) is 8.22. The lowest BCUT2D eigenvalue weighted by Crippen LogP contribution is -2.29. The van der Waals surface area contributed by atoms with Gasteiger partial charge in [0.15, 0.2) is 11.6 Å². The molecule has 2 aromatic heterocycles. The van der Waals surface area contributed by atoms with Crippen molar-refractivity contribution in [2.75, 3.05) is 5.32 Å². The maximum atomic E-state index is 13.6. The maximum absolute atomic E-state index is 13.6. The topological polar surface area (TPSA) is 126 Å². The molecule has 1 aliphatic heterocycles. The number of rotatable bonds is 4. The average Bonchev–Trinajstić information content (AvgIpc) is 3.37. The first-order valence-electron chi connectivity index (χ1n) is 10.3. The average molecular weight is 467 g/mol. The number of hydrogen-bond donors (Lipinski definition) is 2. The van der Waals surface area contributed by atoms with Crippen LogP contribution in [-0.4, -0.2) is 31.6 Å². The predicted molar refractivity (Wildman–Crippen MR) is 111 cm³/mol. The molecule has 3 heterocycles. The van der Waals surface area contributed by atoms with Crippen LogP contribution in [-0.2, 0) is 16.4 Å². The largest absolute Gasteiger partial charge is 0.416 e. The lowest BCUT2D eigenvalue weighted by Gasteiger charge is -2.17. The summed E-state index contributed by atoms with van der Waals surface area (Å²) in [7, 11) is 0. The van der Waals surface area contributed by atoms with Crippen LogP contribution in [0.2, 0.25) is 0 Å². The van der Waals surface area contributed by atoms with Crippen molar-refractivity contribution in [2.45, 2.75) is 37.4 Å². The van der Waals surface area contributed by atoms with Crippen molar-refractivity contribution in [2.24, 2.45) is 0 Å². The Morgan fingerprint density at radius 1 is 1.29 bits per heavy atom. The fourth-order valence-electron chi connectivity index (χ4n) is 4.11. The molecule has 2 aliphatic rings. The van der Waals surface area contributed by atoms with E-state index in [9.17, 15) is 22.8 Å². The Bertz CT molecular complexity index is 1370. The van der Waals surface area contributed by atoms with Crippen LogP contribution in [0.25, 0.3) is 5.82 Å². The van der Waals surface area contributed by atoms with Crippen LogP contribution in [0.5, 0.6) is 0 Å². The summed E-state index contributed by atoms with van der Waals surface area (Å²) in [6.45, 7) is 1.59. The molecule has 1 aromatic carbocycles. The van der Waals surface area contributed by atoms with Gasteiger partial charge in [0, 0.05) is 6.20 Å². The molecule has 2 amide bonds. The van der Waals surface area contributed by atoms with Crippen LogP contribution in [0.3, 0.4) is 0 Å². The Kier molecular flexibility index (Phi) is 4.68. The number of anilines is 1. The number of nitriles is 1. The van der Waals surface area contributed by atoms with Gasteiger partial charge in [0.2, 0.25) is 5.91 Å². The quantitative estimate of drug-likeness (QED) is 0.608. The number of amides is 2. The number of carbonyl (C=O) groups excluding carboxylic acids is 2. The van der Waals surface area contributed by atoms with Crippen molar-refractivity contribution >= 4 is 17.5 Å². The van der Waals surface area contributed by atoms with Gasteiger partial charge in [-0.1, -0.05) is 0 Å². The molecule has 0 saturated heterocycles.